The number of hydrogen-bond donors (Lipinski definition) is 1. The highest BCUT2D eigenvalue weighted by Gasteiger charge is 2.09. The Morgan fingerprint density at radius 3 is 2.14 bits per heavy atom. The molecule has 0 fully saturated rings. The van der Waals surface area contributed by atoms with Crippen molar-refractivity contribution in [2.24, 2.45) is 0 Å². The summed E-state index contributed by atoms with van der Waals surface area (Å²) in [5, 5.41) is 2.81. The molecule has 0 aliphatic heterocycles. The monoisotopic (exact) mass is 293 g/mol. The van der Waals surface area contributed by atoms with Crippen molar-refractivity contribution >= 4 is 17.7 Å². The van der Waals surface area contributed by atoms with Crippen molar-refractivity contribution in [3.63, 3.8) is 0 Å². The van der Waals surface area contributed by atoms with Gasteiger partial charge in [0.2, 0.25) is 5.91 Å². The zero-order valence-corrected chi connectivity index (χ0v) is 13.0. The Labute approximate surface area is 125 Å². The highest BCUT2D eigenvalue weighted by molar-refractivity contribution is 5.92. The van der Waals surface area contributed by atoms with Crippen LogP contribution >= 0.6 is 0 Å². The molecule has 6 heteroatoms. The number of likely N-dealkylation sites (N-methyl/N-ethyl adjacent to an activating group) is 1. The van der Waals surface area contributed by atoms with Gasteiger partial charge in [0.25, 0.3) is 0 Å². The minimum atomic E-state index is -0.437. The fourth-order valence-corrected chi connectivity index (χ4v) is 1.65. The van der Waals surface area contributed by atoms with Crippen LogP contribution < -0.4 is 10.1 Å². The maximum absolute atomic E-state index is 11.8. The summed E-state index contributed by atoms with van der Waals surface area (Å²) < 4.78 is 5.10. The number of nitrogens with one attached hydrogen (secondary N) is 1. The van der Waals surface area contributed by atoms with Crippen LogP contribution in [0.4, 0.5) is 10.5 Å². The molecule has 1 aromatic carbocycles. The van der Waals surface area contributed by atoms with Gasteiger partial charge in [-0.15, -0.1) is 0 Å². The number of carbonyl (C=O) groups is 2. The summed E-state index contributed by atoms with van der Waals surface area (Å²) in [7, 11) is 3.23. The molecule has 0 bridgehead atoms. The zero-order chi connectivity index (χ0) is 15.8. The molecule has 0 spiro atoms. The van der Waals surface area contributed by atoms with Gasteiger partial charge in [0.05, 0.1) is 6.54 Å². The van der Waals surface area contributed by atoms with Gasteiger partial charge >= 0.3 is 6.09 Å². The number of carbonyl (C=O) groups excluding carboxylic acids is 2. The molecule has 116 valence electrons. The summed E-state index contributed by atoms with van der Waals surface area (Å²) >= 11 is 0. The molecule has 0 heterocycles. The Morgan fingerprint density at radius 1 is 1.10 bits per heavy atom. The van der Waals surface area contributed by atoms with E-state index in [0.29, 0.717) is 18.0 Å². The lowest BCUT2D eigenvalue weighted by atomic mass is 10.3. The maximum atomic E-state index is 11.8. The van der Waals surface area contributed by atoms with E-state index in [1.54, 1.807) is 38.4 Å². The third kappa shape index (κ3) is 5.83. The maximum Gasteiger partial charge on any atom is 0.414 e. The van der Waals surface area contributed by atoms with Gasteiger partial charge in [-0.1, -0.05) is 13.8 Å². The van der Waals surface area contributed by atoms with Crippen molar-refractivity contribution in [2.45, 2.75) is 13.8 Å². The number of benzene rings is 1. The summed E-state index contributed by atoms with van der Waals surface area (Å²) in [6.07, 6.45) is -0.437. The molecule has 1 rings (SSSR count). The summed E-state index contributed by atoms with van der Waals surface area (Å²) in [6.45, 7) is 6.08. The van der Waals surface area contributed by atoms with Crippen LogP contribution in [0.1, 0.15) is 13.8 Å². The lowest BCUT2D eigenvalue weighted by Crippen LogP contribution is -2.32. The van der Waals surface area contributed by atoms with E-state index >= 15 is 0 Å². The molecule has 1 aromatic rings. The first-order valence-corrected chi connectivity index (χ1v) is 6.97. The van der Waals surface area contributed by atoms with Crippen LogP contribution in [-0.4, -0.2) is 55.5 Å². The first-order chi connectivity index (χ1) is 9.96. The second-order valence-electron chi connectivity index (χ2n) is 4.80. The quantitative estimate of drug-likeness (QED) is 0.871. The Bertz CT molecular complexity index is 468. The average Bonchev–Trinajstić information content (AvgIpc) is 2.46. The molecule has 1 N–H and O–H groups in total. The number of rotatable bonds is 6. The smallest absolute Gasteiger partial charge is 0.410 e. The first-order valence-electron chi connectivity index (χ1n) is 6.97. The van der Waals surface area contributed by atoms with E-state index in [1.165, 1.54) is 4.90 Å². The zero-order valence-electron chi connectivity index (χ0n) is 13.0. The molecule has 0 atom stereocenters. The van der Waals surface area contributed by atoms with Crippen LogP contribution in [0, 0.1) is 0 Å². The van der Waals surface area contributed by atoms with Crippen molar-refractivity contribution in [1.29, 1.82) is 0 Å². The molecular weight excluding hydrogens is 270 g/mol. The van der Waals surface area contributed by atoms with Crippen molar-refractivity contribution < 1.29 is 14.3 Å². The van der Waals surface area contributed by atoms with Crippen molar-refractivity contribution in [3.05, 3.63) is 24.3 Å². The second kappa shape index (κ2) is 8.26. The molecular formula is C15H23N3O3. The lowest BCUT2D eigenvalue weighted by molar-refractivity contribution is -0.117. The minimum Gasteiger partial charge on any atom is -0.410 e. The van der Waals surface area contributed by atoms with E-state index in [1.807, 2.05) is 18.7 Å². The molecule has 6 nitrogen and oxygen atoms in total. The molecule has 0 unspecified atom stereocenters. The summed E-state index contributed by atoms with van der Waals surface area (Å²) in [4.78, 5) is 26.6. The molecule has 0 aliphatic rings. The van der Waals surface area contributed by atoms with Crippen LogP contribution in [0.5, 0.6) is 5.75 Å². The SMILES string of the molecule is CCN(CC)CC(=O)Nc1ccc(OC(=O)N(C)C)cc1. The van der Waals surface area contributed by atoms with Gasteiger partial charge < -0.3 is 15.0 Å². The highest BCUT2D eigenvalue weighted by Crippen LogP contribution is 2.16. The van der Waals surface area contributed by atoms with Crippen LogP contribution in [0.2, 0.25) is 0 Å². The van der Waals surface area contributed by atoms with E-state index in [4.69, 9.17) is 4.74 Å². The van der Waals surface area contributed by atoms with Crippen LogP contribution in [0.3, 0.4) is 0 Å². The van der Waals surface area contributed by atoms with Gasteiger partial charge in [-0.2, -0.15) is 0 Å². The molecule has 21 heavy (non-hydrogen) atoms. The predicted octanol–water partition coefficient (Wildman–Crippen LogP) is 2.03. The number of ether oxygens (including phenoxy) is 1. The Morgan fingerprint density at radius 2 is 1.67 bits per heavy atom. The standard InChI is InChI=1S/C15H23N3O3/c1-5-18(6-2)11-14(19)16-12-7-9-13(10-8-12)21-15(20)17(3)4/h7-10H,5-6,11H2,1-4H3,(H,16,19). The fourth-order valence-electron chi connectivity index (χ4n) is 1.65. The number of nitrogens with zero attached hydrogens (tertiary/aromatic N) is 2. The fraction of sp³-hybridized carbons (Fsp3) is 0.467. The average molecular weight is 293 g/mol. The van der Waals surface area contributed by atoms with Gasteiger partial charge in [-0.3, -0.25) is 9.69 Å². The predicted molar refractivity (Wildman–Crippen MR) is 82.6 cm³/mol. The molecule has 0 aliphatic carbocycles. The number of anilines is 1. The van der Waals surface area contributed by atoms with Gasteiger partial charge in [-0.25, -0.2) is 4.79 Å². The number of hydrogen-bond acceptors (Lipinski definition) is 4. The van der Waals surface area contributed by atoms with Crippen LogP contribution in [0.25, 0.3) is 0 Å². The third-order valence-corrected chi connectivity index (χ3v) is 2.97. The largest absolute Gasteiger partial charge is 0.414 e. The van der Waals surface area contributed by atoms with E-state index < -0.39 is 6.09 Å². The molecule has 0 radical (unpaired) electrons. The number of amides is 2. The van der Waals surface area contributed by atoms with E-state index in [9.17, 15) is 9.59 Å². The molecule has 0 saturated heterocycles. The van der Waals surface area contributed by atoms with Crippen LogP contribution in [0.15, 0.2) is 24.3 Å². The summed E-state index contributed by atoms with van der Waals surface area (Å²) in [6, 6.07) is 6.71. The third-order valence-electron chi connectivity index (χ3n) is 2.97. The summed E-state index contributed by atoms with van der Waals surface area (Å²) in [5.41, 5.74) is 0.678. The minimum absolute atomic E-state index is 0.0586. The topological polar surface area (TPSA) is 61.9 Å². The lowest BCUT2D eigenvalue weighted by Gasteiger charge is -2.17. The second-order valence-corrected chi connectivity index (χ2v) is 4.80. The normalized spacial score (nSPS) is 10.3. The van der Waals surface area contributed by atoms with E-state index in [-0.39, 0.29) is 5.91 Å². The van der Waals surface area contributed by atoms with Gasteiger partial charge in [0.15, 0.2) is 0 Å². The molecule has 0 saturated carbocycles. The molecule has 0 aromatic heterocycles. The van der Waals surface area contributed by atoms with Gasteiger partial charge in [-0.05, 0) is 37.4 Å². The van der Waals surface area contributed by atoms with E-state index in [0.717, 1.165) is 13.1 Å². The Balaban J connectivity index is 2.54. The Hall–Kier alpha value is -2.08. The molecule has 2 amide bonds. The van der Waals surface area contributed by atoms with Crippen molar-refractivity contribution in [2.75, 3.05) is 39.0 Å². The first kappa shape index (κ1) is 17.0. The van der Waals surface area contributed by atoms with Gasteiger partial charge in [0, 0.05) is 19.8 Å². The Kier molecular flexibility index (Phi) is 6.68. The van der Waals surface area contributed by atoms with Gasteiger partial charge in [0.1, 0.15) is 5.75 Å². The van der Waals surface area contributed by atoms with Crippen LogP contribution in [-0.2, 0) is 4.79 Å². The van der Waals surface area contributed by atoms with Crippen molar-refractivity contribution in [3.8, 4) is 5.75 Å². The van der Waals surface area contributed by atoms with E-state index in [2.05, 4.69) is 5.32 Å². The van der Waals surface area contributed by atoms with Crippen molar-refractivity contribution in [1.82, 2.24) is 9.80 Å². The summed E-state index contributed by atoms with van der Waals surface area (Å²) in [5.74, 6) is 0.382. The highest BCUT2D eigenvalue weighted by atomic mass is 16.6.